The van der Waals surface area contributed by atoms with Crippen LogP contribution in [0.3, 0.4) is 0 Å². The van der Waals surface area contributed by atoms with E-state index in [2.05, 4.69) is 24.1 Å². The third kappa shape index (κ3) is 2.12. The van der Waals surface area contributed by atoms with Gasteiger partial charge in [-0.05, 0) is 50.7 Å². The fraction of sp³-hybridized carbons (Fsp3) is 1.00. The van der Waals surface area contributed by atoms with E-state index in [4.69, 9.17) is 0 Å². The minimum atomic E-state index is 0.616. The molecule has 1 N–H and O–H groups in total. The van der Waals surface area contributed by atoms with Gasteiger partial charge in [0.2, 0.25) is 0 Å². The quantitative estimate of drug-likeness (QED) is 0.725. The van der Waals surface area contributed by atoms with Crippen molar-refractivity contribution in [3.8, 4) is 0 Å². The standard InChI is InChI=1S/C12H24N2/c1-3-12(2)6-9-14(10-12)11-4-7-13-8-5-11/h11,13H,3-10H2,1-2H3. The lowest BCUT2D eigenvalue weighted by atomic mass is 9.87. The molecule has 0 radical (unpaired) electrons. The molecule has 0 amide bonds. The molecule has 82 valence electrons. The van der Waals surface area contributed by atoms with E-state index in [1.54, 1.807) is 0 Å². The van der Waals surface area contributed by atoms with Crippen LogP contribution in [0.25, 0.3) is 0 Å². The smallest absolute Gasteiger partial charge is 0.0120 e. The van der Waals surface area contributed by atoms with E-state index in [9.17, 15) is 0 Å². The van der Waals surface area contributed by atoms with Crippen LogP contribution in [0.5, 0.6) is 0 Å². The lowest BCUT2D eigenvalue weighted by Crippen LogP contribution is -2.42. The Morgan fingerprint density at radius 1 is 1.36 bits per heavy atom. The van der Waals surface area contributed by atoms with Crippen LogP contribution in [0.15, 0.2) is 0 Å². The molecule has 1 unspecified atom stereocenters. The molecule has 2 fully saturated rings. The highest BCUT2D eigenvalue weighted by Crippen LogP contribution is 2.35. The van der Waals surface area contributed by atoms with Crippen LogP contribution >= 0.6 is 0 Å². The second kappa shape index (κ2) is 4.19. The first-order valence-corrected chi connectivity index (χ1v) is 6.18. The van der Waals surface area contributed by atoms with Gasteiger partial charge in [0.25, 0.3) is 0 Å². The van der Waals surface area contributed by atoms with Crippen molar-refractivity contribution in [3.05, 3.63) is 0 Å². The molecular formula is C12H24N2. The van der Waals surface area contributed by atoms with Crippen LogP contribution < -0.4 is 5.32 Å². The van der Waals surface area contributed by atoms with Crippen molar-refractivity contribution >= 4 is 0 Å². The number of nitrogens with one attached hydrogen (secondary N) is 1. The number of likely N-dealkylation sites (tertiary alicyclic amines) is 1. The topological polar surface area (TPSA) is 15.3 Å². The fourth-order valence-electron chi connectivity index (χ4n) is 2.83. The fourth-order valence-corrected chi connectivity index (χ4v) is 2.83. The molecule has 1 atom stereocenters. The van der Waals surface area contributed by atoms with Crippen molar-refractivity contribution in [1.29, 1.82) is 0 Å². The largest absolute Gasteiger partial charge is 0.317 e. The molecule has 0 aromatic carbocycles. The summed E-state index contributed by atoms with van der Waals surface area (Å²) in [4.78, 5) is 2.74. The molecule has 2 heteroatoms. The highest BCUT2D eigenvalue weighted by molar-refractivity contribution is 4.90. The maximum atomic E-state index is 3.45. The van der Waals surface area contributed by atoms with Crippen molar-refractivity contribution < 1.29 is 0 Å². The molecule has 0 spiro atoms. The van der Waals surface area contributed by atoms with Gasteiger partial charge in [-0.1, -0.05) is 13.8 Å². The summed E-state index contributed by atoms with van der Waals surface area (Å²) in [6.07, 6.45) is 5.47. The zero-order valence-electron chi connectivity index (χ0n) is 9.68. The van der Waals surface area contributed by atoms with Gasteiger partial charge in [0.1, 0.15) is 0 Å². The Kier molecular flexibility index (Phi) is 3.13. The molecule has 0 saturated carbocycles. The van der Waals surface area contributed by atoms with Gasteiger partial charge < -0.3 is 5.32 Å². The highest BCUT2D eigenvalue weighted by atomic mass is 15.2. The van der Waals surface area contributed by atoms with Crippen molar-refractivity contribution in [3.63, 3.8) is 0 Å². The molecule has 0 aromatic rings. The van der Waals surface area contributed by atoms with Crippen molar-refractivity contribution in [2.45, 2.75) is 45.6 Å². The monoisotopic (exact) mass is 196 g/mol. The van der Waals surface area contributed by atoms with Crippen LogP contribution in [0.1, 0.15) is 39.5 Å². The van der Waals surface area contributed by atoms with E-state index >= 15 is 0 Å². The van der Waals surface area contributed by atoms with Gasteiger partial charge in [-0.2, -0.15) is 0 Å². The SMILES string of the molecule is CCC1(C)CCN(C2CCNCC2)C1. The predicted octanol–water partition coefficient (Wildman–Crippen LogP) is 1.86. The normalized spacial score (nSPS) is 36.4. The Morgan fingerprint density at radius 3 is 2.64 bits per heavy atom. The van der Waals surface area contributed by atoms with Crippen molar-refractivity contribution in [1.82, 2.24) is 10.2 Å². The Balaban J connectivity index is 1.88. The molecule has 2 nitrogen and oxygen atoms in total. The summed E-state index contributed by atoms with van der Waals surface area (Å²) in [6.45, 7) is 9.93. The molecule has 0 aliphatic carbocycles. The molecule has 0 aromatic heterocycles. The molecule has 2 rings (SSSR count). The van der Waals surface area contributed by atoms with Crippen LogP contribution in [0.4, 0.5) is 0 Å². The predicted molar refractivity (Wildman–Crippen MR) is 60.5 cm³/mol. The minimum absolute atomic E-state index is 0.616. The molecule has 0 bridgehead atoms. The average Bonchev–Trinajstić information content (AvgIpc) is 2.63. The summed E-state index contributed by atoms with van der Waals surface area (Å²) in [7, 11) is 0. The second-order valence-corrected chi connectivity index (χ2v) is 5.37. The molecule has 2 aliphatic rings. The van der Waals surface area contributed by atoms with Gasteiger partial charge in [-0.3, -0.25) is 4.90 Å². The summed E-state index contributed by atoms with van der Waals surface area (Å²) in [6, 6.07) is 0.879. The summed E-state index contributed by atoms with van der Waals surface area (Å²) >= 11 is 0. The van der Waals surface area contributed by atoms with E-state index < -0.39 is 0 Å². The lowest BCUT2D eigenvalue weighted by molar-refractivity contribution is 0.174. The first-order chi connectivity index (χ1) is 6.73. The van der Waals surface area contributed by atoms with Crippen molar-refractivity contribution in [2.75, 3.05) is 26.2 Å². The van der Waals surface area contributed by atoms with Crippen molar-refractivity contribution in [2.24, 2.45) is 5.41 Å². The Hall–Kier alpha value is -0.0800. The highest BCUT2D eigenvalue weighted by Gasteiger charge is 2.35. The van der Waals surface area contributed by atoms with Gasteiger partial charge in [-0.25, -0.2) is 0 Å². The molecule has 14 heavy (non-hydrogen) atoms. The zero-order chi connectivity index (χ0) is 10.0. The minimum Gasteiger partial charge on any atom is -0.317 e. The maximum absolute atomic E-state index is 3.45. The Morgan fingerprint density at radius 2 is 2.07 bits per heavy atom. The van der Waals surface area contributed by atoms with Crippen LogP contribution in [0.2, 0.25) is 0 Å². The van der Waals surface area contributed by atoms with Crippen LogP contribution in [-0.2, 0) is 0 Å². The maximum Gasteiger partial charge on any atom is 0.0120 e. The zero-order valence-corrected chi connectivity index (χ0v) is 9.68. The third-order valence-electron chi connectivity index (χ3n) is 4.27. The number of rotatable bonds is 2. The van der Waals surface area contributed by atoms with Crippen LogP contribution in [-0.4, -0.2) is 37.1 Å². The number of piperidine rings is 1. The van der Waals surface area contributed by atoms with Gasteiger partial charge in [0, 0.05) is 12.6 Å². The first-order valence-electron chi connectivity index (χ1n) is 6.18. The second-order valence-electron chi connectivity index (χ2n) is 5.37. The molecule has 2 saturated heterocycles. The Bertz CT molecular complexity index is 187. The first kappa shape index (κ1) is 10.4. The number of hydrogen-bond acceptors (Lipinski definition) is 2. The molecular weight excluding hydrogens is 172 g/mol. The van der Waals surface area contributed by atoms with Crippen LogP contribution in [0, 0.1) is 5.41 Å². The summed E-state index contributed by atoms with van der Waals surface area (Å²) in [5.74, 6) is 0. The number of nitrogens with zero attached hydrogens (tertiary/aromatic N) is 1. The summed E-state index contributed by atoms with van der Waals surface area (Å²) < 4.78 is 0. The average molecular weight is 196 g/mol. The number of hydrogen-bond donors (Lipinski definition) is 1. The summed E-state index contributed by atoms with van der Waals surface area (Å²) in [5.41, 5.74) is 0.616. The van der Waals surface area contributed by atoms with E-state index in [1.165, 1.54) is 51.9 Å². The van der Waals surface area contributed by atoms with E-state index in [-0.39, 0.29) is 0 Å². The summed E-state index contributed by atoms with van der Waals surface area (Å²) in [5, 5.41) is 3.45. The third-order valence-corrected chi connectivity index (χ3v) is 4.27. The van der Waals surface area contributed by atoms with Gasteiger partial charge >= 0.3 is 0 Å². The molecule has 2 aliphatic heterocycles. The van der Waals surface area contributed by atoms with E-state index in [0.29, 0.717) is 5.41 Å². The lowest BCUT2D eigenvalue weighted by Gasteiger charge is -2.32. The Labute approximate surface area is 88.1 Å². The van der Waals surface area contributed by atoms with Gasteiger partial charge in [0.15, 0.2) is 0 Å². The van der Waals surface area contributed by atoms with Gasteiger partial charge in [-0.15, -0.1) is 0 Å². The van der Waals surface area contributed by atoms with E-state index in [1.807, 2.05) is 0 Å². The molecule has 2 heterocycles. The van der Waals surface area contributed by atoms with Gasteiger partial charge in [0.05, 0.1) is 0 Å². The van der Waals surface area contributed by atoms with E-state index in [0.717, 1.165) is 6.04 Å².